The molecule has 7 atom stereocenters. The van der Waals surface area contributed by atoms with E-state index in [4.69, 9.17) is 4.74 Å². The molecule has 0 spiro atoms. The second kappa shape index (κ2) is 8.08. The lowest BCUT2D eigenvalue weighted by Crippen LogP contribution is -2.58. The number of nitrogens with one attached hydrogen (secondary N) is 2. The van der Waals surface area contributed by atoms with Crippen LogP contribution in [-0.2, 0) is 14.3 Å². The first-order valence-corrected chi connectivity index (χ1v) is 10.5. The zero-order valence-electron chi connectivity index (χ0n) is 17.2. The summed E-state index contributed by atoms with van der Waals surface area (Å²) in [4.78, 5) is 24.5. The number of amides is 2. The van der Waals surface area contributed by atoms with Crippen LogP contribution in [-0.4, -0.2) is 48.8 Å². The molecule has 27 heavy (non-hydrogen) atoms. The smallest absolute Gasteiger partial charge is 0.246 e. The topological polar surface area (TPSA) is 87.7 Å². The highest BCUT2D eigenvalue weighted by molar-refractivity contribution is 5.79. The number of carbonyl (C=O) groups excluding carboxylic acids is 2. The second-order valence-electron chi connectivity index (χ2n) is 9.45. The van der Waals surface area contributed by atoms with Crippen LogP contribution >= 0.6 is 0 Å². The highest BCUT2D eigenvalue weighted by atomic mass is 16.5. The molecular formula is C21H36N2O4. The van der Waals surface area contributed by atoms with Gasteiger partial charge >= 0.3 is 0 Å². The second-order valence-corrected chi connectivity index (χ2v) is 9.45. The number of methoxy groups -OCH3 is 1. The lowest BCUT2D eigenvalue weighted by molar-refractivity contribution is -0.144. The molecule has 2 amide bonds. The molecule has 0 bridgehead atoms. The van der Waals surface area contributed by atoms with Crippen molar-refractivity contribution in [3.63, 3.8) is 0 Å². The molecule has 3 aliphatic rings. The Morgan fingerprint density at radius 2 is 1.85 bits per heavy atom. The number of rotatable bonds is 6. The summed E-state index contributed by atoms with van der Waals surface area (Å²) in [7, 11) is 1.52. The first-order valence-electron chi connectivity index (χ1n) is 10.5. The molecule has 1 unspecified atom stereocenters. The summed E-state index contributed by atoms with van der Waals surface area (Å²) < 4.78 is 4.93. The van der Waals surface area contributed by atoms with Crippen LogP contribution in [0.1, 0.15) is 59.3 Å². The van der Waals surface area contributed by atoms with Gasteiger partial charge in [0.15, 0.2) is 0 Å². The maximum absolute atomic E-state index is 12.5. The number of hydrogen-bond acceptors (Lipinski definition) is 4. The van der Waals surface area contributed by atoms with Crippen LogP contribution in [0, 0.1) is 29.1 Å². The van der Waals surface area contributed by atoms with Crippen molar-refractivity contribution in [3.05, 3.63) is 0 Å². The molecule has 3 aliphatic carbocycles. The minimum atomic E-state index is -0.513. The molecule has 154 valence electrons. The average molecular weight is 381 g/mol. The third-order valence-electron chi connectivity index (χ3n) is 7.49. The van der Waals surface area contributed by atoms with E-state index < -0.39 is 6.10 Å². The number of carbonyl (C=O) groups is 2. The van der Waals surface area contributed by atoms with Crippen molar-refractivity contribution in [1.29, 1.82) is 0 Å². The predicted molar refractivity (Wildman–Crippen MR) is 103 cm³/mol. The van der Waals surface area contributed by atoms with Crippen molar-refractivity contribution in [2.75, 3.05) is 13.7 Å². The van der Waals surface area contributed by atoms with E-state index in [1.807, 2.05) is 6.92 Å². The fourth-order valence-corrected chi connectivity index (χ4v) is 5.63. The molecule has 3 fully saturated rings. The SMILES string of the molecule is COCC(=O)N[C@H]1CC[C@]2(C)CC[C@@H](C(C)C(=O)NC3CC3)[C@H](O)[C@H]2[C@@H]1C. The average Bonchev–Trinajstić information content (AvgIpc) is 3.41. The van der Waals surface area contributed by atoms with E-state index in [1.54, 1.807) is 0 Å². The van der Waals surface area contributed by atoms with E-state index in [9.17, 15) is 14.7 Å². The van der Waals surface area contributed by atoms with Crippen molar-refractivity contribution in [1.82, 2.24) is 10.6 Å². The molecular weight excluding hydrogens is 344 g/mol. The fraction of sp³-hybridized carbons (Fsp3) is 0.905. The minimum Gasteiger partial charge on any atom is -0.392 e. The minimum absolute atomic E-state index is 0.0160. The lowest BCUT2D eigenvalue weighted by Gasteiger charge is -2.56. The van der Waals surface area contributed by atoms with Crippen LogP contribution in [0.5, 0.6) is 0 Å². The summed E-state index contributed by atoms with van der Waals surface area (Å²) >= 11 is 0. The predicted octanol–water partition coefficient (Wildman–Crippen LogP) is 1.86. The quantitative estimate of drug-likeness (QED) is 0.656. The van der Waals surface area contributed by atoms with Crippen molar-refractivity contribution in [3.8, 4) is 0 Å². The maximum Gasteiger partial charge on any atom is 0.246 e. The van der Waals surface area contributed by atoms with Gasteiger partial charge in [0.25, 0.3) is 0 Å². The van der Waals surface area contributed by atoms with Crippen LogP contribution in [0.2, 0.25) is 0 Å². The van der Waals surface area contributed by atoms with E-state index in [-0.39, 0.29) is 53.5 Å². The first kappa shape index (κ1) is 20.6. The zero-order valence-corrected chi connectivity index (χ0v) is 17.2. The fourth-order valence-electron chi connectivity index (χ4n) is 5.63. The van der Waals surface area contributed by atoms with E-state index in [1.165, 1.54) is 7.11 Å². The summed E-state index contributed by atoms with van der Waals surface area (Å²) in [5.74, 6) is 0.0455. The summed E-state index contributed by atoms with van der Waals surface area (Å²) in [5, 5.41) is 17.5. The zero-order chi connectivity index (χ0) is 19.8. The van der Waals surface area contributed by atoms with Crippen LogP contribution in [0.25, 0.3) is 0 Å². The van der Waals surface area contributed by atoms with Crippen molar-refractivity contribution >= 4 is 11.8 Å². The molecule has 3 rings (SSSR count). The van der Waals surface area contributed by atoms with Gasteiger partial charge in [-0.25, -0.2) is 0 Å². The number of hydrogen-bond donors (Lipinski definition) is 3. The van der Waals surface area contributed by atoms with E-state index >= 15 is 0 Å². The monoisotopic (exact) mass is 380 g/mol. The van der Waals surface area contributed by atoms with Crippen LogP contribution < -0.4 is 10.6 Å². The number of fused-ring (bicyclic) bond motifs is 1. The first-order chi connectivity index (χ1) is 12.8. The van der Waals surface area contributed by atoms with Crippen molar-refractivity contribution < 1.29 is 19.4 Å². The standard InChI is InChI=1S/C21H36N2O4/c1-12(20(26)22-14-5-6-14)15-7-9-21(3)10-8-16(23-17(24)11-27-4)13(2)18(21)19(15)25/h12-16,18-19,25H,5-11H2,1-4H3,(H,22,26)(H,23,24)/t12?,13-,15+,16+,18-,19+,21+/m1/s1. The van der Waals surface area contributed by atoms with Gasteiger partial charge in [0.1, 0.15) is 6.61 Å². The number of aliphatic hydroxyl groups is 1. The number of ether oxygens (including phenoxy) is 1. The van der Waals surface area contributed by atoms with Gasteiger partial charge in [-0.2, -0.15) is 0 Å². The Labute approximate surface area is 162 Å². The molecule has 0 aromatic rings. The Kier molecular flexibility index (Phi) is 6.16. The van der Waals surface area contributed by atoms with E-state index in [2.05, 4.69) is 24.5 Å². The molecule has 3 N–H and O–H groups in total. The molecule has 0 aromatic heterocycles. The van der Waals surface area contributed by atoms with Gasteiger partial charge in [-0.3, -0.25) is 9.59 Å². The van der Waals surface area contributed by atoms with Gasteiger partial charge in [0.2, 0.25) is 11.8 Å². The van der Waals surface area contributed by atoms with Crippen molar-refractivity contribution in [2.24, 2.45) is 29.1 Å². The Balaban J connectivity index is 1.70. The Morgan fingerprint density at radius 1 is 1.19 bits per heavy atom. The highest BCUT2D eigenvalue weighted by Gasteiger charge is 2.54. The Hall–Kier alpha value is -1.14. The van der Waals surface area contributed by atoms with Crippen LogP contribution in [0.15, 0.2) is 0 Å². The largest absolute Gasteiger partial charge is 0.392 e. The lowest BCUT2D eigenvalue weighted by atomic mass is 9.51. The highest BCUT2D eigenvalue weighted by Crippen LogP contribution is 2.55. The molecule has 0 aromatic carbocycles. The van der Waals surface area contributed by atoms with Gasteiger partial charge in [0.05, 0.1) is 6.10 Å². The van der Waals surface area contributed by atoms with Crippen LogP contribution in [0.3, 0.4) is 0 Å². The van der Waals surface area contributed by atoms with Gasteiger partial charge in [0, 0.05) is 25.1 Å². The van der Waals surface area contributed by atoms with Gasteiger partial charge in [-0.15, -0.1) is 0 Å². The Bertz CT molecular complexity index is 564. The molecule has 6 nitrogen and oxygen atoms in total. The Morgan fingerprint density at radius 3 is 2.48 bits per heavy atom. The third-order valence-corrected chi connectivity index (χ3v) is 7.49. The molecule has 3 saturated carbocycles. The molecule has 0 aliphatic heterocycles. The van der Waals surface area contributed by atoms with E-state index in [0.717, 1.165) is 38.5 Å². The maximum atomic E-state index is 12.5. The number of aliphatic hydroxyl groups excluding tert-OH is 1. The summed E-state index contributed by atoms with van der Waals surface area (Å²) in [6.45, 7) is 6.43. The summed E-state index contributed by atoms with van der Waals surface area (Å²) in [5.41, 5.74) is 0.0739. The van der Waals surface area contributed by atoms with Crippen LogP contribution in [0.4, 0.5) is 0 Å². The third kappa shape index (κ3) is 4.32. The molecule has 0 saturated heterocycles. The molecule has 0 heterocycles. The summed E-state index contributed by atoms with van der Waals surface area (Å²) in [6.07, 6.45) is 5.48. The normalized spacial score (nSPS) is 40.0. The van der Waals surface area contributed by atoms with Crippen molar-refractivity contribution in [2.45, 2.75) is 77.5 Å². The van der Waals surface area contributed by atoms with E-state index in [0.29, 0.717) is 6.04 Å². The summed E-state index contributed by atoms with van der Waals surface area (Å²) in [6, 6.07) is 0.398. The van der Waals surface area contributed by atoms with Gasteiger partial charge in [-0.05, 0) is 61.7 Å². The van der Waals surface area contributed by atoms with Gasteiger partial charge < -0.3 is 20.5 Å². The van der Waals surface area contributed by atoms with Gasteiger partial charge in [-0.1, -0.05) is 20.8 Å². The molecule has 6 heteroatoms. The molecule has 0 radical (unpaired) electrons.